The van der Waals surface area contributed by atoms with E-state index in [0.29, 0.717) is 31.8 Å². The fraction of sp³-hybridized carbons (Fsp3) is 0.500. The highest BCUT2D eigenvalue weighted by atomic mass is 32.1. The van der Waals surface area contributed by atoms with Gasteiger partial charge in [-0.2, -0.15) is 0 Å². The highest BCUT2D eigenvalue weighted by molar-refractivity contribution is 7.17. The van der Waals surface area contributed by atoms with E-state index in [4.69, 9.17) is 9.47 Å². The maximum absolute atomic E-state index is 12.6. The zero-order valence-corrected chi connectivity index (χ0v) is 24.6. The van der Waals surface area contributed by atoms with Crippen LogP contribution in [0.5, 0.6) is 5.75 Å². The molecule has 0 bridgehead atoms. The van der Waals surface area contributed by atoms with E-state index < -0.39 is 0 Å². The first kappa shape index (κ1) is 28.4. The van der Waals surface area contributed by atoms with E-state index in [-0.39, 0.29) is 18.6 Å². The zero-order chi connectivity index (χ0) is 27.9. The van der Waals surface area contributed by atoms with Gasteiger partial charge in [-0.1, -0.05) is 26.0 Å². The standard InChI is InChI=1S/C32H41N3O4S/c1-24(2)8-13-32(37)39-23-35-29-22-26(11-9-25(29)10-12-31(35)36)38-20-4-3-15-33-16-18-34(19-17-33)28-6-5-7-30-27(28)14-21-40-30/h5-7,9,11,14,21-22,24H,3-4,8,10,12-13,15-20,23H2,1-2H3. The molecule has 1 fully saturated rings. The molecule has 8 heteroatoms. The lowest BCUT2D eigenvalue weighted by Gasteiger charge is -2.36. The Morgan fingerprint density at radius 3 is 2.67 bits per heavy atom. The topological polar surface area (TPSA) is 62.3 Å². The molecule has 0 aliphatic carbocycles. The molecule has 0 unspecified atom stereocenters. The van der Waals surface area contributed by atoms with Gasteiger partial charge < -0.3 is 14.4 Å². The van der Waals surface area contributed by atoms with Crippen molar-refractivity contribution in [3.05, 3.63) is 53.4 Å². The minimum atomic E-state index is -0.262. The molecule has 0 saturated carbocycles. The van der Waals surface area contributed by atoms with E-state index in [1.807, 2.05) is 29.5 Å². The molecule has 0 N–H and O–H groups in total. The van der Waals surface area contributed by atoms with Gasteiger partial charge in [-0.25, -0.2) is 0 Å². The van der Waals surface area contributed by atoms with Crippen molar-refractivity contribution in [1.82, 2.24) is 4.90 Å². The summed E-state index contributed by atoms with van der Waals surface area (Å²) in [5.41, 5.74) is 3.24. The number of carbonyl (C=O) groups excluding carboxylic acids is 2. The number of ether oxygens (including phenoxy) is 2. The van der Waals surface area contributed by atoms with Crippen LogP contribution in [0, 0.1) is 5.92 Å². The number of piperazine rings is 1. The number of nitrogens with zero attached hydrogens (tertiary/aromatic N) is 3. The van der Waals surface area contributed by atoms with Crippen LogP contribution in [0.1, 0.15) is 51.5 Å². The van der Waals surface area contributed by atoms with Crippen LogP contribution >= 0.6 is 11.3 Å². The highest BCUT2D eigenvalue weighted by Crippen LogP contribution is 2.32. The molecule has 2 aliphatic heterocycles. The van der Waals surface area contributed by atoms with Gasteiger partial charge in [0.15, 0.2) is 6.73 Å². The van der Waals surface area contributed by atoms with Gasteiger partial charge in [-0.15, -0.1) is 11.3 Å². The van der Waals surface area contributed by atoms with Crippen LogP contribution in [0.3, 0.4) is 0 Å². The number of unbranched alkanes of at least 4 members (excludes halogenated alkanes) is 1. The van der Waals surface area contributed by atoms with Crippen molar-refractivity contribution < 1.29 is 19.1 Å². The van der Waals surface area contributed by atoms with Crippen LogP contribution in [-0.2, 0) is 20.7 Å². The van der Waals surface area contributed by atoms with E-state index in [1.165, 1.54) is 15.8 Å². The summed E-state index contributed by atoms with van der Waals surface area (Å²) >= 11 is 1.81. The van der Waals surface area contributed by atoms with Crippen molar-refractivity contribution in [2.75, 3.05) is 55.9 Å². The maximum Gasteiger partial charge on any atom is 0.307 e. The number of hydrogen-bond acceptors (Lipinski definition) is 7. The lowest BCUT2D eigenvalue weighted by atomic mass is 10.0. The van der Waals surface area contributed by atoms with Gasteiger partial charge in [0.2, 0.25) is 5.91 Å². The quantitative estimate of drug-likeness (QED) is 0.196. The normalized spacial score (nSPS) is 16.0. The molecule has 3 heterocycles. The Morgan fingerprint density at radius 2 is 1.85 bits per heavy atom. The maximum atomic E-state index is 12.6. The summed E-state index contributed by atoms with van der Waals surface area (Å²) in [6.07, 6.45) is 4.33. The summed E-state index contributed by atoms with van der Waals surface area (Å²) in [6.45, 7) is 10.1. The molecule has 1 aromatic heterocycles. The molecule has 1 amide bonds. The predicted octanol–water partition coefficient (Wildman–Crippen LogP) is 6.10. The Labute approximate surface area is 241 Å². The average Bonchev–Trinajstić information content (AvgIpc) is 3.45. The smallest absolute Gasteiger partial charge is 0.307 e. The summed E-state index contributed by atoms with van der Waals surface area (Å²) in [5.74, 6) is 0.906. The second kappa shape index (κ2) is 13.5. The Hall–Kier alpha value is -3.10. The Kier molecular flexibility index (Phi) is 9.60. The lowest BCUT2D eigenvalue weighted by Crippen LogP contribution is -2.46. The second-order valence-corrected chi connectivity index (χ2v) is 12.1. The van der Waals surface area contributed by atoms with Crippen molar-refractivity contribution >= 4 is 44.7 Å². The molecule has 2 aliphatic rings. The minimum Gasteiger partial charge on any atom is -0.494 e. The number of rotatable bonds is 12. The SMILES string of the molecule is CC(C)CCC(=O)OCN1C(=O)CCc2ccc(OCCCCN3CCN(c4cccc5sccc45)CC3)cc21. The number of thiophene rings is 1. The second-order valence-electron chi connectivity index (χ2n) is 11.2. The minimum absolute atomic E-state index is 0.0200. The summed E-state index contributed by atoms with van der Waals surface area (Å²) < 4.78 is 12.9. The van der Waals surface area contributed by atoms with E-state index in [9.17, 15) is 9.59 Å². The third-order valence-electron chi connectivity index (χ3n) is 7.86. The first-order valence-corrected chi connectivity index (χ1v) is 15.5. The van der Waals surface area contributed by atoms with Crippen molar-refractivity contribution in [2.24, 2.45) is 5.92 Å². The summed E-state index contributed by atoms with van der Waals surface area (Å²) in [5, 5.41) is 3.55. The first-order chi connectivity index (χ1) is 19.5. The molecule has 1 saturated heterocycles. The van der Waals surface area contributed by atoms with E-state index >= 15 is 0 Å². The van der Waals surface area contributed by atoms with Crippen LogP contribution in [0.25, 0.3) is 10.1 Å². The fourth-order valence-corrected chi connectivity index (χ4v) is 6.26. The molecule has 0 atom stereocenters. The van der Waals surface area contributed by atoms with Gasteiger partial charge in [0.25, 0.3) is 0 Å². The van der Waals surface area contributed by atoms with Gasteiger partial charge in [0, 0.05) is 60.9 Å². The third-order valence-corrected chi connectivity index (χ3v) is 8.74. The molecule has 5 rings (SSSR count). The van der Waals surface area contributed by atoms with E-state index in [2.05, 4.69) is 53.3 Å². The number of carbonyl (C=O) groups is 2. The van der Waals surface area contributed by atoms with Crippen LogP contribution in [-0.4, -0.2) is 62.8 Å². The van der Waals surface area contributed by atoms with Crippen molar-refractivity contribution in [2.45, 2.75) is 52.4 Å². The van der Waals surface area contributed by atoms with E-state index in [0.717, 1.165) is 69.0 Å². The number of amides is 1. The number of aryl methyl sites for hydroxylation is 1. The molecule has 40 heavy (non-hydrogen) atoms. The summed E-state index contributed by atoms with van der Waals surface area (Å²) in [7, 11) is 0. The van der Waals surface area contributed by atoms with Crippen LogP contribution < -0.4 is 14.5 Å². The summed E-state index contributed by atoms with van der Waals surface area (Å²) in [6, 6.07) is 14.8. The number of esters is 1. The van der Waals surface area contributed by atoms with Crippen LogP contribution in [0.4, 0.5) is 11.4 Å². The van der Waals surface area contributed by atoms with Gasteiger partial charge in [-0.05, 0) is 73.4 Å². The van der Waals surface area contributed by atoms with Crippen molar-refractivity contribution in [3.8, 4) is 5.75 Å². The first-order valence-electron chi connectivity index (χ1n) is 14.6. The monoisotopic (exact) mass is 563 g/mol. The predicted molar refractivity (Wildman–Crippen MR) is 162 cm³/mol. The number of benzene rings is 2. The van der Waals surface area contributed by atoms with E-state index in [1.54, 1.807) is 4.90 Å². The third kappa shape index (κ3) is 7.15. The van der Waals surface area contributed by atoms with Crippen molar-refractivity contribution in [1.29, 1.82) is 0 Å². The largest absolute Gasteiger partial charge is 0.494 e. The molecule has 3 aromatic rings. The Morgan fingerprint density at radius 1 is 1.00 bits per heavy atom. The Balaban J connectivity index is 1.04. The van der Waals surface area contributed by atoms with Gasteiger partial charge in [-0.3, -0.25) is 19.4 Å². The average molecular weight is 564 g/mol. The number of fused-ring (bicyclic) bond motifs is 2. The van der Waals surface area contributed by atoms with Gasteiger partial charge in [0.1, 0.15) is 5.75 Å². The molecule has 0 spiro atoms. The van der Waals surface area contributed by atoms with Crippen molar-refractivity contribution in [3.63, 3.8) is 0 Å². The van der Waals surface area contributed by atoms with Crippen LogP contribution in [0.15, 0.2) is 47.8 Å². The fourth-order valence-electron chi connectivity index (χ4n) is 5.46. The molecular weight excluding hydrogens is 522 g/mol. The highest BCUT2D eigenvalue weighted by Gasteiger charge is 2.26. The molecule has 214 valence electrons. The lowest BCUT2D eigenvalue weighted by molar-refractivity contribution is -0.144. The van der Waals surface area contributed by atoms with Gasteiger partial charge in [0.05, 0.1) is 12.3 Å². The number of hydrogen-bond donors (Lipinski definition) is 0. The zero-order valence-electron chi connectivity index (χ0n) is 23.8. The number of anilines is 2. The molecular formula is C32H41N3O4S. The van der Waals surface area contributed by atoms with Crippen LogP contribution in [0.2, 0.25) is 0 Å². The molecule has 0 radical (unpaired) electrons. The molecule has 2 aromatic carbocycles. The van der Waals surface area contributed by atoms with Gasteiger partial charge >= 0.3 is 5.97 Å². The Bertz CT molecular complexity index is 1300. The molecule has 7 nitrogen and oxygen atoms in total. The summed E-state index contributed by atoms with van der Waals surface area (Å²) in [4.78, 5) is 31.4.